The molecule has 0 aromatic heterocycles. The van der Waals surface area contributed by atoms with Gasteiger partial charge in [-0.15, -0.1) is 0 Å². The summed E-state index contributed by atoms with van der Waals surface area (Å²) >= 11 is 0. The summed E-state index contributed by atoms with van der Waals surface area (Å²) in [6, 6.07) is 0. The molecule has 1 N–H and O–H groups in total. The van der Waals surface area contributed by atoms with Crippen LogP contribution < -0.4 is 0 Å². The molecule has 0 aromatic carbocycles. The van der Waals surface area contributed by atoms with Crippen molar-refractivity contribution >= 4 is 11.9 Å². The van der Waals surface area contributed by atoms with Gasteiger partial charge in [0.1, 0.15) is 6.61 Å². The molecule has 0 aliphatic rings. The summed E-state index contributed by atoms with van der Waals surface area (Å²) in [5, 5.41) is 9.70. The van der Waals surface area contributed by atoms with Gasteiger partial charge < -0.3 is 14.6 Å². The molecule has 5 heteroatoms. The zero-order valence-corrected chi connectivity index (χ0v) is 54.0. The summed E-state index contributed by atoms with van der Waals surface area (Å²) in [6.45, 7) is 4.04. The van der Waals surface area contributed by atoms with Gasteiger partial charge in [-0.05, 0) is 109 Å². The van der Waals surface area contributed by atoms with Crippen LogP contribution in [0.15, 0.2) is 122 Å². The normalized spacial score (nSPS) is 13.0. The molecule has 0 aromatic rings. The lowest BCUT2D eigenvalue weighted by atomic mass is 10.0. The minimum absolute atomic E-state index is 0.0777. The highest BCUT2D eigenvalue weighted by Crippen LogP contribution is 2.17. The van der Waals surface area contributed by atoms with Gasteiger partial charge in [-0.3, -0.25) is 9.59 Å². The largest absolute Gasteiger partial charge is 0.462 e. The maximum absolute atomic E-state index is 12.4. The molecule has 0 amide bonds. The third kappa shape index (κ3) is 68.8. The molecule has 0 aliphatic carbocycles. The van der Waals surface area contributed by atoms with Crippen molar-refractivity contribution in [1.82, 2.24) is 0 Å². The zero-order chi connectivity index (χ0) is 59.1. The molecule has 0 heterocycles. The summed E-state index contributed by atoms with van der Waals surface area (Å²) in [7, 11) is 0. The van der Waals surface area contributed by atoms with Crippen LogP contribution in [0.25, 0.3) is 0 Å². The molecule has 1 atom stereocenters. The van der Waals surface area contributed by atoms with Gasteiger partial charge in [0.2, 0.25) is 0 Å². The fourth-order valence-electron chi connectivity index (χ4n) is 10.0. The van der Waals surface area contributed by atoms with Gasteiger partial charge in [-0.1, -0.05) is 334 Å². The van der Waals surface area contributed by atoms with E-state index in [9.17, 15) is 14.7 Å². The van der Waals surface area contributed by atoms with E-state index in [0.29, 0.717) is 12.8 Å². The Morgan fingerprint density at radius 3 is 0.805 bits per heavy atom. The van der Waals surface area contributed by atoms with Gasteiger partial charge >= 0.3 is 11.9 Å². The number of carbonyl (C=O) groups is 2. The van der Waals surface area contributed by atoms with Crippen LogP contribution in [0.2, 0.25) is 0 Å². The number of ether oxygens (including phenoxy) is 2. The van der Waals surface area contributed by atoms with Crippen LogP contribution in [0.4, 0.5) is 0 Å². The van der Waals surface area contributed by atoms with E-state index in [1.807, 2.05) is 0 Å². The quantitative estimate of drug-likeness (QED) is 0.0373. The second kappa shape index (κ2) is 71.6. The van der Waals surface area contributed by atoms with Gasteiger partial charge in [0, 0.05) is 12.8 Å². The molecule has 470 valence electrons. The highest BCUT2D eigenvalue weighted by atomic mass is 16.6. The Balaban J connectivity index is 3.51. The van der Waals surface area contributed by atoms with E-state index in [1.165, 1.54) is 193 Å². The number of hydrogen-bond acceptors (Lipinski definition) is 5. The molecule has 0 aliphatic heterocycles. The number of aliphatic hydroxyl groups is 1. The van der Waals surface area contributed by atoms with Crippen LogP contribution in [-0.2, 0) is 19.1 Å². The van der Waals surface area contributed by atoms with Crippen molar-refractivity contribution in [2.75, 3.05) is 13.2 Å². The van der Waals surface area contributed by atoms with Crippen LogP contribution in [0.5, 0.6) is 0 Å². The molecule has 0 bridgehead atoms. The number of hydrogen-bond donors (Lipinski definition) is 1. The molecular weight excluding hydrogens is 1000 g/mol. The second-order valence-electron chi connectivity index (χ2n) is 23.2. The first kappa shape index (κ1) is 78.3. The van der Waals surface area contributed by atoms with Crippen LogP contribution >= 0.6 is 0 Å². The molecule has 0 rings (SSSR count). The Kier molecular flexibility index (Phi) is 68.3. The van der Waals surface area contributed by atoms with Gasteiger partial charge in [-0.25, -0.2) is 0 Å². The Bertz CT molecular complexity index is 1620. The van der Waals surface area contributed by atoms with Crippen molar-refractivity contribution in [2.24, 2.45) is 0 Å². The first-order valence-electron chi connectivity index (χ1n) is 35.1. The summed E-state index contributed by atoms with van der Waals surface area (Å²) in [5.41, 5.74) is 0. The van der Waals surface area contributed by atoms with Gasteiger partial charge in [0.15, 0.2) is 6.10 Å². The average Bonchev–Trinajstić information content (AvgIpc) is 3.49. The van der Waals surface area contributed by atoms with E-state index < -0.39 is 6.10 Å². The van der Waals surface area contributed by atoms with Gasteiger partial charge in [-0.2, -0.15) is 0 Å². The van der Waals surface area contributed by atoms with Crippen molar-refractivity contribution in [3.63, 3.8) is 0 Å². The maximum atomic E-state index is 12.4. The second-order valence-corrected chi connectivity index (χ2v) is 23.2. The predicted octanol–water partition coefficient (Wildman–Crippen LogP) is 24.5. The van der Waals surface area contributed by atoms with Crippen molar-refractivity contribution in [3.05, 3.63) is 122 Å². The summed E-state index contributed by atoms with van der Waals surface area (Å²) in [5.74, 6) is -0.607. The Morgan fingerprint density at radius 1 is 0.293 bits per heavy atom. The molecule has 1 unspecified atom stereocenters. The number of allylic oxidation sites excluding steroid dienone is 20. The van der Waals surface area contributed by atoms with Crippen LogP contribution in [-0.4, -0.2) is 36.4 Å². The number of rotatable bonds is 64. The number of aliphatic hydroxyl groups excluding tert-OH is 1. The topological polar surface area (TPSA) is 72.8 Å². The summed E-state index contributed by atoms with van der Waals surface area (Å²) in [6.07, 6.45) is 105. The highest BCUT2D eigenvalue weighted by molar-refractivity contribution is 5.70. The van der Waals surface area contributed by atoms with Gasteiger partial charge in [0.25, 0.3) is 0 Å². The zero-order valence-electron chi connectivity index (χ0n) is 54.0. The smallest absolute Gasteiger partial charge is 0.306 e. The number of unbranched alkanes of at least 4 members (excludes halogenated alkanes) is 36. The lowest BCUT2D eigenvalue weighted by Crippen LogP contribution is -2.28. The molecule has 0 saturated carbocycles. The van der Waals surface area contributed by atoms with Crippen molar-refractivity contribution < 1.29 is 24.2 Å². The number of esters is 2. The Hall–Kier alpha value is -3.70. The molecule has 0 fully saturated rings. The Morgan fingerprint density at radius 2 is 0.524 bits per heavy atom. The molecule has 0 saturated heterocycles. The summed E-state index contributed by atoms with van der Waals surface area (Å²) < 4.78 is 10.7. The van der Waals surface area contributed by atoms with Crippen LogP contribution in [0.1, 0.15) is 335 Å². The highest BCUT2D eigenvalue weighted by Gasteiger charge is 2.16. The molecule has 82 heavy (non-hydrogen) atoms. The first-order chi connectivity index (χ1) is 40.6. The SMILES string of the molecule is CC/C=C\C/C=C\C/C=C\C/C=C\C/C=C\C/C=C\C/C=C\C/C=C\C/C=C\CCCCCCCC(=O)OC(CO)COC(=O)CCCCCCCCCCCCCCCCCCCCCCCCC/C=C\CCCCCCCCCC. The predicted molar refractivity (Wildman–Crippen MR) is 362 cm³/mol. The van der Waals surface area contributed by atoms with E-state index in [-0.39, 0.29) is 25.2 Å². The minimum atomic E-state index is -0.791. The van der Waals surface area contributed by atoms with Crippen molar-refractivity contribution in [3.8, 4) is 0 Å². The molecule has 0 radical (unpaired) electrons. The molecule has 5 nitrogen and oxygen atoms in total. The fourth-order valence-corrected chi connectivity index (χ4v) is 10.0. The first-order valence-corrected chi connectivity index (χ1v) is 35.1. The maximum Gasteiger partial charge on any atom is 0.306 e. The fraction of sp³-hybridized carbons (Fsp3) is 0.714. The van der Waals surface area contributed by atoms with Crippen molar-refractivity contribution in [1.29, 1.82) is 0 Å². The van der Waals surface area contributed by atoms with Gasteiger partial charge in [0.05, 0.1) is 6.61 Å². The minimum Gasteiger partial charge on any atom is -0.462 e. The van der Waals surface area contributed by atoms with Crippen LogP contribution in [0.3, 0.4) is 0 Å². The van der Waals surface area contributed by atoms with Crippen LogP contribution in [0, 0.1) is 0 Å². The molecule has 0 spiro atoms. The van der Waals surface area contributed by atoms with E-state index in [0.717, 1.165) is 116 Å². The Labute approximate surface area is 509 Å². The lowest BCUT2D eigenvalue weighted by Gasteiger charge is -2.15. The van der Waals surface area contributed by atoms with E-state index in [2.05, 4.69) is 135 Å². The van der Waals surface area contributed by atoms with E-state index >= 15 is 0 Å². The third-order valence-electron chi connectivity index (χ3n) is 15.2. The van der Waals surface area contributed by atoms with Crippen molar-refractivity contribution in [2.45, 2.75) is 341 Å². The monoisotopic (exact) mass is 1140 g/mol. The van der Waals surface area contributed by atoms with E-state index in [1.54, 1.807) is 0 Å². The molecular formula is C77H132O5. The standard InChI is InChI=1S/C77H132O5/c1-3-5-7-9-11-13-15-17-19-21-23-25-27-29-31-33-35-37-38-40-41-43-45-47-49-51-53-55-57-59-61-63-65-67-69-71-76(79)81-74-75(73-78)82-77(80)72-70-68-66-64-62-60-58-56-54-52-50-48-46-44-42-39-36-34-32-30-28-26-24-22-20-18-16-14-12-10-8-6-4-2/h6,8,12,14,18,20-21,23-24,26,30,32,36,39,44,46,50,52,56,58,75,78H,3-5,7,9-11,13,15-17,19,22,25,27-29,31,33-35,37-38,40-43,45,47-49,51,53-55,57,59-74H2,1-2H3/b8-6-,14-12-,20-18-,23-21-,26-24-,32-30-,39-36-,46-44-,52-50-,58-56-. The summed E-state index contributed by atoms with van der Waals surface area (Å²) in [4.78, 5) is 24.6. The third-order valence-corrected chi connectivity index (χ3v) is 15.2. The average molecular weight is 1140 g/mol. The van der Waals surface area contributed by atoms with E-state index in [4.69, 9.17) is 9.47 Å². The lowest BCUT2D eigenvalue weighted by molar-refractivity contribution is -0.161. The number of carbonyl (C=O) groups excluding carboxylic acids is 2.